The van der Waals surface area contributed by atoms with Crippen molar-refractivity contribution in [2.24, 2.45) is 0 Å². The van der Waals surface area contributed by atoms with Crippen molar-refractivity contribution in [2.45, 2.75) is 25.2 Å². The van der Waals surface area contributed by atoms with Gasteiger partial charge in [-0.2, -0.15) is 0 Å². The van der Waals surface area contributed by atoms with Gasteiger partial charge >= 0.3 is 6.09 Å². The van der Waals surface area contributed by atoms with E-state index in [9.17, 15) is 19.2 Å². The van der Waals surface area contributed by atoms with Crippen LogP contribution in [-0.4, -0.2) is 55.1 Å². The number of ether oxygens (including phenoxy) is 2. The first-order chi connectivity index (χ1) is 15.6. The summed E-state index contributed by atoms with van der Waals surface area (Å²) < 4.78 is 10.7. The van der Waals surface area contributed by atoms with Crippen LogP contribution in [0.5, 0.6) is 0 Å². The van der Waals surface area contributed by atoms with E-state index in [1.807, 2.05) is 24.3 Å². The number of carbonyl (C=O) groups is 4. The van der Waals surface area contributed by atoms with Crippen LogP contribution in [0.15, 0.2) is 48.5 Å². The molecule has 8 nitrogen and oxygen atoms in total. The van der Waals surface area contributed by atoms with Crippen LogP contribution in [0.2, 0.25) is 0 Å². The second-order valence-corrected chi connectivity index (χ2v) is 7.63. The monoisotopic (exact) mass is 436 g/mol. The van der Waals surface area contributed by atoms with E-state index in [1.54, 1.807) is 0 Å². The molecule has 0 aromatic heterocycles. The normalized spacial score (nSPS) is 14.9. The minimum absolute atomic E-state index is 0.00794. The molecule has 0 atom stereocenters. The Bertz CT molecular complexity index is 989. The van der Waals surface area contributed by atoms with Crippen LogP contribution in [0.25, 0.3) is 11.1 Å². The van der Waals surface area contributed by atoms with Gasteiger partial charge < -0.3 is 14.8 Å². The van der Waals surface area contributed by atoms with Gasteiger partial charge in [0.25, 0.3) is 0 Å². The van der Waals surface area contributed by atoms with Crippen LogP contribution in [0.4, 0.5) is 4.79 Å². The average molecular weight is 436 g/mol. The highest BCUT2D eigenvalue weighted by molar-refractivity contribution is 6.15. The molecule has 1 heterocycles. The molecule has 2 aliphatic rings. The molecule has 4 rings (SSSR count). The lowest BCUT2D eigenvalue weighted by atomic mass is 9.98. The van der Waals surface area contributed by atoms with E-state index in [0.29, 0.717) is 4.90 Å². The molecule has 8 heteroatoms. The minimum Gasteiger partial charge on any atom is -0.449 e. The number of alkyl carbamates (subject to hydrolysis) is 1. The molecular formula is C24H24N2O6. The third-order valence-corrected chi connectivity index (χ3v) is 5.62. The molecule has 0 radical (unpaired) electrons. The maximum Gasteiger partial charge on any atom is 0.407 e. The van der Waals surface area contributed by atoms with Crippen molar-refractivity contribution in [3.8, 4) is 11.1 Å². The molecule has 1 aliphatic heterocycles. The number of rotatable bonds is 8. The molecule has 1 aliphatic carbocycles. The van der Waals surface area contributed by atoms with Crippen LogP contribution < -0.4 is 5.32 Å². The maximum atomic E-state index is 12.1. The fraction of sp³-hybridized carbons (Fsp3) is 0.333. The summed E-state index contributed by atoms with van der Waals surface area (Å²) >= 11 is 0. The van der Waals surface area contributed by atoms with E-state index >= 15 is 0 Å². The third-order valence-electron chi connectivity index (χ3n) is 5.62. The Labute approximate surface area is 185 Å². The molecule has 32 heavy (non-hydrogen) atoms. The summed E-state index contributed by atoms with van der Waals surface area (Å²) in [6.07, 6.45) is -0.451. The molecule has 1 N–H and O–H groups in total. The standard InChI is InChI=1S/C24H24N2O6/c27-21-9-10-22(28)26(21)23(29)11-13-31-14-12-25-24(30)32-15-20-18-7-3-1-5-16(18)17-6-2-4-8-19(17)20/h1-8,20H,9-15H2,(H,25,30). The summed E-state index contributed by atoms with van der Waals surface area (Å²) in [6, 6.07) is 16.2. The fourth-order valence-corrected chi connectivity index (χ4v) is 4.10. The number of fused-ring (bicyclic) bond motifs is 3. The summed E-state index contributed by atoms with van der Waals surface area (Å²) in [7, 11) is 0. The number of hydrogen-bond acceptors (Lipinski definition) is 6. The van der Waals surface area contributed by atoms with Gasteiger partial charge in [0.05, 0.1) is 19.6 Å². The molecule has 0 bridgehead atoms. The zero-order valence-electron chi connectivity index (χ0n) is 17.5. The number of amides is 4. The topological polar surface area (TPSA) is 102 Å². The first-order valence-corrected chi connectivity index (χ1v) is 10.6. The third kappa shape index (κ3) is 4.55. The van der Waals surface area contributed by atoms with Crippen LogP contribution in [0.1, 0.15) is 36.3 Å². The molecule has 1 saturated heterocycles. The number of benzene rings is 2. The lowest BCUT2D eigenvalue weighted by molar-refractivity contribution is -0.149. The molecule has 0 saturated carbocycles. The molecule has 1 fully saturated rings. The van der Waals surface area contributed by atoms with Gasteiger partial charge in [0.15, 0.2) is 0 Å². The lowest BCUT2D eigenvalue weighted by Gasteiger charge is -2.14. The predicted molar refractivity (Wildman–Crippen MR) is 115 cm³/mol. The highest BCUT2D eigenvalue weighted by Gasteiger charge is 2.33. The van der Waals surface area contributed by atoms with Crippen molar-refractivity contribution in [3.05, 3.63) is 59.7 Å². The second-order valence-electron chi connectivity index (χ2n) is 7.63. The summed E-state index contributed by atoms with van der Waals surface area (Å²) in [6.45, 7) is 0.682. The highest BCUT2D eigenvalue weighted by atomic mass is 16.5. The smallest absolute Gasteiger partial charge is 0.407 e. The van der Waals surface area contributed by atoms with Crippen LogP contribution in [0, 0.1) is 0 Å². The Morgan fingerprint density at radius 1 is 0.906 bits per heavy atom. The fourth-order valence-electron chi connectivity index (χ4n) is 4.10. The number of imide groups is 3. The second kappa shape index (κ2) is 9.74. The van der Waals surface area contributed by atoms with Gasteiger partial charge in [0, 0.05) is 25.3 Å². The molecule has 2 aromatic rings. The predicted octanol–water partition coefficient (Wildman–Crippen LogP) is 2.61. The van der Waals surface area contributed by atoms with Crippen LogP contribution in [-0.2, 0) is 23.9 Å². The van der Waals surface area contributed by atoms with Gasteiger partial charge in [0.2, 0.25) is 17.7 Å². The van der Waals surface area contributed by atoms with E-state index in [1.165, 1.54) is 0 Å². The van der Waals surface area contributed by atoms with Crippen molar-refractivity contribution >= 4 is 23.8 Å². The molecule has 4 amide bonds. The van der Waals surface area contributed by atoms with Crippen LogP contribution in [0.3, 0.4) is 0 Å². The van der Waals surface area contributed by atoms with E-state index in [0.717, 1.165) is 22.3 Å². The van der Waals surface area contributed by atoms with E-state index in [-0.39, 0.29) is 51.5 Å². The summed E-state index contributed by atoms with van der Waals surface area (Å²) in [5, 5.41) is 2.62. The van der Waals surface area contributed by atoms with Gasteiger partial charge in [-0.25, -0.2) is 9.69 Å². The number of carbonyl (C=O) groups excluding carboxylic acids is 4. The molecule has 2 aromatic carbocycles. The van der Waals surface area contributed by atoms with E-state index in [2.05, 4.69) is 29.6 Å². The van der Waals surface area contributed by atoms with Crippen molar-refractivity contribution < 1.29 is 28.7 Å². The minimum atomic E-state index is -0.554. The van der Waals surface area contributed by atoms with Gasteiger partial charge in [-0.1, -0.05) is 48.5 Å². The lowest BCUT2D eigenvalue weighted by Crippen LogP contribution is -2.36. The van der Waals surface area contributed by atoms with Crippen molar-refractivity contribution in [3.63, 3.8) is 0 Å². The number of likely N-dealkylation sites (tertiary alicyclic amines) is 1. The van der Waals surface area contributed by atoms with Gasteiger partial charge in [-0.05, 0) is 22.3 Å². The highest BCUT2D eigenvalue weighted by Crippen LogP contribution is 2.44. The Kier molecular flexibility index (Phi) is 6.61. The van der Waals surface area contributed by atoms with Crippen molar-refractivity contribution in [1.29, 1.82) is 0 Å². The number of nitrogens with one attached hydrogen (secondary N) is 1. The Balaban J connectivity index is 1.16. The Hall–Kier alpha value is -3.52. The molecule has 0 spiro atoms. The Morgan fingerprint density at radius 2 is 1.50 bits per heavy atom. The summed E-state index contributed by atoms with van der Waals surface area (Å²) in [5.74, 6) is -1.48. The van der Waals surface area contributed by atoms with E-state index in [4.69, 9.17) is 9.47 Å². The zero-order valence-corrected chi connectivity index (χ0v) is 17.5. The molecule has 166 valence electrons. The van der Waals surface area contributed by atoms with Gasteiger partial charge in [-0.3, -0.25) is 14.4 Å². The zero-order chi connectivity index (χ0) is 22.5. The van der Waals surface area contributed by atoms with Gasteiger partial charge in [0.1, 0.15) is 6.61 Å². The first kappa shape index (κ1) is 21.7. The van der Waals surface area contributed by atoms with Crippen molar-refractivity contribution in [1.82, 2.24) is 10.2 Å². The van der Waals surface area contributed by atoms with Crippen LogP contribution >= 0.6 is 0 Å². The summed E-state index contributed by atoms with van der Waals surface area (Å²) in [5.41, 5.74) is 4.61. The largest absolute Gasteiger partial charge is 0.449 e. The molecule has 0 unspecified atom stereocenters. The Morgan fingerprint density at radius 3 is 2.12 bits per heavy atom. The number of nitrogens with zero attached hydrogens (tertiary/aromatic N) is 1. The number of hydrogen-bond donors (Lipinski definition) is 1. The first-order valence-electron chi connectivity index (χ1n) is 10.6. The van der Waals surface area contributed by atoms with Crippen molar-refractivity contribution in [2.75, 3.05) is 26.4 Å². The average Bonchev–Trinajstić information content (AvgIpc) is 3.31. The molecular weight excluding hydrogens is 412 g/mol. The summed E-state index contributed by atoms with van der Waals surface area (Å²) in [4.78, 5) is 47.7. The SMILES string of the molecule is O=C(NCCOCCC(=O)N1C(=O)CCC1=O)OCC1c2ccccc2-c2ccccc21. The quantitative estimate of drug-likeness (QED) is 0.504. The van der Waals surface area contributed by atoms with Gasteiger partial charge in [-0.15, -0.1) is 0 Å². The van der Waals surface area contributed by atoms with E-state index < -0.39 is 23.8 Å². The maximum absolute atomic E-state index is 12.1.